The van der Waals surface area contributed by atoms with Crippen molar-refractivity contribution in [3.05, 3.63) is 59.7 Å². The van der Waals surface area contributed by atoms with E-state index in [1.807, 2.05) is 55.4 Å². The van der Waals surface area contributed by atoms with Crippen molar-refractivity contribution in [2.45, 2.75) is 19.8 Å². The van der Waals surface area contributed by atoms with Gasteiger partial charge in [-0.15, -0.1) is 0 Å². The molecular formula is C18H22N2O. The highest BCUT2D eigenvalue weighted by molar-refractivity contribution is 6.04. The summed E-state index contributed by atoms with van der Waals surface area (Å²) in [6, 6.07) is 15.6. The van der Waals surface area contributed by atoms with E-state index in [0.29, 0.717) is 5.56 Å². The second-order valence-electron chi connectivity index (χ2n) is 5.35. The van der Waals surface area contributed by atoms with Crippen molar-refractivity contribution < 1.29 is 4.79 Å². The fourth-order valence-corrected chi connectivity index (χ4v) is 2.17. The van der Waals surface area contributed by atoms with Crippen LogP contribution in [0.25, 0.3) is 0 Å². The molecule has 0 radical (unpaired) electrons. The van der Waals surface area contributed by atoms with Gasteiger partial charge in [0.05, 0.1) is 0 Å². The number of hydrogen-bond acceptors (Lipinski definition) is 2. The molecule has 2 rings (SSSR count). The highest BCUT2D eigenvalue weighted by Crippen LogP contribution is 2.16. The monoisotopic (exact) mass is 282 g/mol. The first kappa shape index (κ1) is 15.1. The maximum absolute atomic E-state index is 12.3. The lowest BCUT2D eigenvalue weighted by atomic mass is 10.1. The second-order valence-corrected chi connectivity index (χ2v) is 5.35. The predicted molar refractivity (Wildman–Crippen MR) is 89.2 cm³/mol. The highest BCUT2D eigenvalue weighted by Gasteiger charge is 2.07. The van der Waals surface area contributed by atoms with Crippen LogP contribution in [0, 0.1) is 0 Å². The summed E-state index contributed by atoms with van der Waals surface area (Å²) in [4.78, 5) is 14.3. The Hall–Kier alpha value is -2.29. The van der Waals surface area contributed by atoms with E-state index in [0.717, 1.165) is 24.2 Å². The van der Waals surface area contributed by atoms with Gasteiger partial charge in [0.1, 0.15) is 0 Å². The molecule has 0 atom stereocenters. The summed E-state index contributed by atoms with van der Waals surface area (Å²) < 4.78 is 0. The average Bonchev–Trinajstić information content (AvgIpc) is 2.49. The zero-order chi connectivity index (χ0) is 15.2. The molecule has 0 aromatic heterocycles. The number of rotatable bonds is 5. The van der Waals surface area contributed by atoms with Gasteiger partial charge in [0.25, 0.3) is 5.91 Å². The van der Waals surface area contributed by atoms with Crippen LogP contribution < -0.4 is 10.2 Å². The molecule has 0 bridgehead atoms. The summed E-state index contributed by atoms with van der Waals surface area (Å²) in [6.45, 7) is 2.16. The molecule has 0 aliphatic carbocycles. The van der Waals surface area contributed by atoms with Gasteiger partial charge in [-0.1, -0.05) is 31.5 Å². The van der Waals surface area contributed by atoms with E-state index in [2.05, 4.69) is 24.4 Å². The predicted octanol–water partition coefficient (Wildman–Crippen LogP) is 3.96. The molecule has 0 fully saturated rings. The molecule has 0 saturated heterocycles. The molecule has 0 aliphatic rings. The molecule has 2 aromatic rings. The fourth-order valence-electron chi connectivity index (χ4n) is 2.17. The van der Waals surface area contributed by atoms with Crippen LogP contribution in [0.3, 0.4) is 0 Å². The molecule has 21 heavy (non-hydrogen) atoms. The summed E-state index contributed by atoms with van der Waals surface area (Å²) in [5.74, 6) is -0.0815. The van der Waals surface area contributed by atoms with Gasteiger partial charge >= 0.3 is 0 Å². The van der Waals surface area contributed by atoms with Crippen LogP contribution in [-0.2, 0) is 6.42 Å². The summed E-state index contributed by atoms with van der Waals surface area (Å²) in [6.07, 6.45) is 2.20. The smallest absolute Gasteiger partial charge is 0.255 e. The number of nitrogens with one attached hydrogen (secondary N) is 1. The Morgan fingerprint density at radius 2 is 1.81 bits per heavy atom. The average molecular weight is 282 g/mol. The molecule has 1 amide bonds. The lowest BCUT2D eigenvalue weighted by molar-refractivity contribution is 0.102. The van der Waals surface area contributed by atoms with E-state index in [4.69, 9.17) is 0 Å². The molecule has 110 valence electrons. The van der Waals surface area contributed by atoms with Crippen molar-refractivity contribution in [3.63, 3.8) is 0 Å². The van der Waals surface area contributed by atoms with E-state index in [-0.39, 0.29) is 5.91 Å². The molecule has 0 spiro atoms. The van der Waals surface area contributed by atoms with Crippen LogP contribution in [-0.4, -0.2) is 20.0 Å². The van der Waals surface area contributed by atoms with Gasteiger partial charge in [0.2, 0.25) is 0 Å². The molecule has 3 nitrogen and oxygen atoms in total. The molecular weight excluding hydrogens is 260 g/mol. The Bertz CT molecular complexity index is 603. The maximum atomic E-state index is 12.3. The number of aryl methyl sites for hydroxylation is 1. The lowest BCUT2D eigenvalue weighted by Gasteiger charge is -2.13. The van der Waals surface area contributed by atoms with Gasteiger partial charge in [0.15, 0.2) is 0 Å². The van der Waals surface area contributed by atoms with Crippen molar-refractivity contribution in [1.82, 2.24) is 0 Å². The van der Waals surface area contributed by atoms with Crippen LogP contribution in [0.1, 0.15) is 29.3 Å². The third kappa shape index (κ3) is 4.09. The SMILES string of the molecule is CCCc1ccc(NC(=O)c2cccc(N(C)C)c2)cc1. The normalized spacial score (nSPS) is 10.2. The van der Waals surface area contributed by atoms with Gasteiger partial charge in [-0.2, -0.15) is 0 Å². The van der Waals surface area contributed by atoms with Crippen LogP contribution in [0.2, 0.25) is 0 Å². The first-order valence-electron chi connectivity index (χ1n) is 7.28. The first-order valence-corrected chi connectivity index (χ1v) is 7.28. The van der Waals surface area contributed by atoms with E-state index < -0.39 is 0 Å². The van der Waals surface area contributed by atoms with Gasteiger partial charge in [-0.3, -0.25) is 4.79 Å². The lowest BCUT2D eigenvalue weighted by Crippen LogP contribution is -2.14. The van der Waals surface area contributed by atoms with E-state index >= 15 is 0 Å². The van der Waals surface area contributed by atoms with Crippen LogP contribution >= 0.6 is 0 Å². The van der Waals surface area contributed by atoms with Crippen molar-refractivity contribution >= 4 is 17.3 Å². The van der Waals surface area contributed by atoms with Gasteiger partial charge in [-0.25, -0.2) is 0 Å². The van der Waals surface area contributed by atoms with Crippen LogP contribution in [0.5, 0.6) is 0 Å². The van der Waals surface area contributed by atoms with Crippen molar-refractivity contribution in [2.24, 2.45) is 0 Å². The van der Waals surface area contributed by atoms with E-state index in [1.165, 1.54) is 5.56 Å². The summed E-state index contributed by atoms with van der Waals surface area (Å²) in [5, 5.41) is 2.94. The largest absolute Gasteiger partial charge is 0.378 e. The number of anilines is 2. The molecule has 0 aliphatic heterocycles. The Labute approximate surface area is 126 Å². The third-order valence-corrected chi connectivity index (χ3v) is 3.38. The summed E-state index contributed by atoms with van der Waals surface area (Å²) in [5.41, 5.74) is 3.81. The van der Waals surface area contributed by atoms with Crippen molar-refractivity contribution in [3.8, 4) is 0 Å². The van der Waals surface area contributed by atoms with E-state index in [9.17, 15) is 4.79 Å². The second kappa shape index (κ2) is 6.93. The molecule has 2 aromatic carbocycles. The maximum Gasteiger partial charge on any atom is 0.255 e. The zero-order valence-corrected chi connectivity index (χ0v) is 12.9. The summed E-state index contributed by atoms with van der Waals surface area (Å²) in [7, 11) is 3.92. The minimum Gasteiger partial charge on any atom is -0.378 e. The van der Waals surface area contributed by atoms with E-state index in [1.54, 1.807) is 0 Å². The Morgan fingerprint density at radius 3 is 2.43 bits per heavy atom. The topological polar surface area (TPSA) is 32.3 Å². The highest BCUT2D eigenvalue weighted by atomic mass is 16.1. The van der Waals surface area contributed by atoms with Crippen LogP contribution in [0.4, 0.5) is 11.4 Å². The third-order valence-electron chi connectivity index (χ3n) is 3.38. The number of hydrogen-bond donors (Lipinski definition) is 1. The zero-order valence-electron chi connectivity index (χ0n) is 12.9. The minimum atomic E-state index is -0.0815. The molecule has 0 heterocycles. The van der Waals surface area contributed by atoms with Crippen molar-refractivity contribution in [1.29, 1.82) is 0 Å². The fraction of sp³-hybridized carbons (Fsp3) is 0.278. The quantitative estimate of drug-likeness (QED) is 0.900. The molecule has 3 heteroatoms. The molecule has 0 unspecified atom stereocenters. The van der Waals surface area contributed by atoms with Crippen LogP contribution in [0.15, 0.2) is 48.5 Å². The number of benzene rings is 2. The van der Waals surface area contributed by atoms with Gasteiger partial charge in [-0.05, 0) is 42.3 Å². The first-order chi connectivity index (χ1) is 10.1. The standard InChI is InChI=1S/C18H22N2O/c1-4-6-14-9-11-16(12-10-14)19-18(21)15-7-5-8-17(13-15)20(2)3/h5,7-13H,4,6H2,1-3H3,(H,19,21). The summed E-state index contributed by atoms with van der Waals surface area (Å²) >= 11 is 0. The number of carbonyl (C=O) groups is 1. The number of nitrogens with zero attached hydrogens (tertiary/aromatic N) is 1. The Kier molecular flexibility index (Phi) is 4.99. The molecule has 1 N–H and O–H groups in total. The van der Waals surface area contributed by atoms with Gasteiger partial charge in [0, 0.05) is 31.0 Å². The number of amides is 1. The van der Waals surface area contributed by atoms with Crippen molar-refractivity contribution in [2.75, 3.05) is 24.3 Å². The Balaban J connectivity index is 2.08. The Morgan fingerprint density at radius 1 is 1.10 bits per heavy atom. The molecule has 0 saturated carbocycles. The number of carbonyl (C=O) groups excluding carboxylic acids is 1. The van der Waals surface area contributed by atoms with Gasteiger partial charge < -0.3 is 10.2 Å². The minimum absolute atomic E-state index is 0.0815.